The first-order chi connectivity index (χ1) is 5.57. The second-order valence-electron chi connectivity index (χ2n) is 3.42. The van der Waals surface area contributed by atoms with E-state index in [4.69, 9.17) is 5.26 Å². The van der Waals surface area contributed by atoms with Crippen LogP contribution in [-0.4, -0.2) is 11.2 Å². The molecule has 0 radical (unpaired) electrons. The number of allylic oxidation sites excluding steroid dienone is 1. The van der Waals surface area contributed by atoms with Crippen molar-refractivity contribution in [3.05, 3.63) is 11.6 Å². The van der Waals surface area contributed by atoms with E-state index >= 15 is 0 Å². The SMILES string of the molecule is CC(C)=CC[C@@H](O)[C@@H](C)CC#N. The van der Waals surface area contributed by atoms with Crippen molar-refractivity contribution in [2.45, 2.75) is 39.7 Å². The molecule has 2 atom stereocenters. The summed E-state index contributed by atoms with van der Waals surface area (Å²) in [5.41, 5.74) is 1.21. The van der Waals surface area contributed by atoms with E-state index < -0.39 is 0 Å². The Morgan fingerprint density at radius 1 is 1.58 bits per heavy atom. The highest BCUT2D eigenvalue weighted by Gasteiger charge is 2.11. The summed E-state index contributed by atoms with van der Waals surface area (Å²) < 4.78 is 0. The van der Waals surface area contributed by atoms with Gasteiger partial charge in [0.1, 0.15) is 0 Å². The molecule has 2 heteroatoms. The molecule has 0 heterocycles. The standard InChI is InChI=1S/C10H17NO/c1-8(2)4-5-10(12)9(3)6-7-11/h4,9-10,12H,5-6H2,1-3H3/t9-,10+/m0/s1. The van der Waals surface area contributed by atoms with Crippen molar-refractivity contribution in [3.8, 4) is 6.07 Å². The van der Waals surface area contributed by atoms with E-state index in [1.54, 1.807) is 0 Å². The summed E-state index contributed by atoms with van der Waals surface area (Å²) in [6, 6.07) is 2.06. The number of aliphatic hydroxyl groups is 1. The van der Waals surface area contributed by atoms with Gasteiger partial charge in [0.15, 0.2) is 0 Å². The van der Waals surface area contributed by atoms with Crippen LogP contribution in [0.3, 0.4) is 0 Å². The Kier molecular flexibility index (Phi) is 5.40. The van der Waals surface area contributed by atoms with Crippen molar-refractivity contribution in [2.75, 3.05) is 0 Å². The molecule has 1 N–H and O–H groups in total. The van der Waals surface area contributed by atoms with Gasteiger partial charge < -0.3 is 5.11 Å². The lowest BCUT2D eigenvalue weighted by atomic mass is 9.98. The van der Waals surface area contributed by atoms with E-state index in [0.717, 1.165) is 0 Å². The van der Waals surface area contributed by atoms with Crippen LogP contribution in [0.4, 0.5) is 0 Å². The lowest BCUT2D eigenvalue weighted by Gasteiger charge is -2.13. The minimum Gasteiger partial charge on any atom is -0.392 e. The largest absolute Gasteiger partial charge is 0.392 e. The quantitative estimate of drug-likeness (QED) is 0.653. The maximum atomic E-state index is 9.50. The molecule has 0 aromatic carbocycles. The lowest BCUT2D eigenvalue weighted by Crippen LogP contribution is -2.16. The van der Waals surface area contributed by atoms with Crippen LogP contribution in [0.2, 0.25) is 0 Å². The summed E-state index contributed by atoms with van der Waals surface area (Å²) in [4.78, 5) is 0. The average Bonchev–Trinajstić information content (AvgIpc) is 2.00. The summed E-state index contributed by atoms with van der Waals surface area (Å²) in [7, 11) is 0. The third kappa shape index (κ3) is 4.92. The Morgan fingerprint density at radius 3 is 2.58 bits per heavy atom. The Balaban J connectivity index is 3.80. The second kappa shape index (κ2) is 5.79. The molecule has 0 aliphatic carbocycles. The van der Waals surface area contributed by atoms with E-state index in [1.165, 1.54) is 5.57 Å². The van der Waals surface area contributed by atoms with Crippen molar-refractivity contribution in [2.24, 2.45) is 5.92 Å². The Morgan fingerprint density at radius 2 is 2.17 bits per heavy atom. The van der Waals surface area contributed by atoms with Gasteiger partial charge in [-0.25, -0.2) is 0 Å². The number of nitriles is 1. The molecule has 0 spiro atoms. The summed E-state index contributed by atoms with van der Waals surface area (Å²) in [6.45, 7) is 5.90. The van der Waals surface area contributed by atoms with Gasteiger partial charge in [0.2, 0.25) is 0 Å². The van der Waals surface area contributed by atoms with E-state index in [1.807, 2.05) is 26.8 Å². The first kappa shape index (κ1) is 11.2. The number of aliphatic hydroxyl groups excluding tert-OH is 1. The fourth-order valence-corrected chi connectivity index (χ4v) is 0.869. The van der Waals surface area contributed by atoms with Gasteiger partial charge in [-0.05, 0) is 26.2 Å². The molecule has 0 bridgehead atoms. The van der Waals surface area contributed by atoms with Crippen molar-refractivity contribution >= 4 is 0 Å². The van der Waals surface area contributed by atoms with Crippen molar-refractivity contribution < 1.29 is 5.11 Å². The number of hydrogen-bond donors (Lipinski definition) is 1. The summed E-state index contributed by atoms with van der Waals surface area (Å²) in [5, 5.41) is 17.9. The van der Waals surface area contributed by atoms with E-state index in [0.29, 0.717) is 12.8 Å². The molecule has 2 nitrogen and oxygen atoms in total. The highest BCUT2D eigenvalue weighted by atomic mass is 16.3. The molecule has 0 aromatic rings. The average molecular weight is 167 g/mol. The molecule has 0 rings (SSSR count). The number of hydrogen-bond acceptors (Lipinski definition) is 2. The lowest BCUT2D eigenvalue weighted by molar-refractivity contribution is 0.121. The molecule has 0 saturated carbocycles. The summed E-state index contributed by atoms with van der Waals surface area (Å²) >= 11 is 0. The predicted molar refractivity (Wildman–Crippen MR) is 49.4 cm³/mol. The first-order valence-corrected chi connectivity index (χ1v) is 4.26. The normalized spacial score (nSPS) is 14.6. The molecule has 0 aliphatic heterocycles. The Labute approximate surface area is 74.5 Å². The van der Waals surface area contributed by atoms with Crippen LogP contribution in [-0.2, 0) is 0 Å². The molecule has 0 fully saturated rings. The van der Waals surface area contributed by atoms with Crippen molar-refractivity contribution in [1.82, 2.24) is 0 Å². The van der Waals surface area contributed by atoms with Gasteiger partial charge in [0.05, 0.1) is 12.2 Å². The minimum atomic E-state index is -0.375. The number of nitrogens with zero attached hydrogens (tertiary/aromatic N) is 1. The molecule has 0 aromatic heterocycles. The van der Waals surface area contributed by atoms with Crippen molar-refractivity contribution in [3.63, 3.8) is 0 Å². The van der Waals surface area contributed by atoms with Gasteiger partial charge in [-0.15, -0.1) is 0 Å². The van der Waals surface area contributed by atoms with Crippen LogP contribution >= 0.6 is 0 Å². The second-order valence-corrected chi connectivity index (χ2v) is 3.42. The first-order valence-electron chi connectivity index (χ1n) is 4.26. The minimum absolute atomic E-state index is 0.0746. The highest BCUT2D eigenvalue weighted by molar-refractivity contribution is 4.95. The van der Waals surface area contributed by atoms with Crippen molar-refractivity contribution in [1.29, 1.82) is 5.26 Å². The molecule has 68 valence electrons. The zero-order valence-corrected chi connectivity index (χ0v) is 8.04. The summed E-state index contributed by atoms with van der Waals surface area (Å²) in [6.07, 6.45) is 2.71. The molecular weight excluding hydrogens is 150 g/mol. The van der Waals surface area contributed by atoms with Gasteiger partial charge in [-0.3, -0.25) is 0 Å². The highest BCUT2D eigenvalue weighted by Crippen LogP contribution is 2.11. The Hall–Kier alpha value is -0.810. The maximum absolute atomic E-state index is 9.50. The molecule has 0 unspecified atom stereocenters. The van der Waals surface area contributed by atoms with E-state index in [2.05, 4.69) is 6.07 Å². The maximum Gasteiger partial charge on any atom is 0.0625 e. The molecule has 0 aliphatic rings. The summed E-state index contributed by atoms with van der Waals surface area (Å²) in [5.74, 6) is 0.0746. The van der Waals surface area contributed by atoms with Gasteiger partial charge in [-0.1, -0.05) is 18.6 Å². The molecule has 0 amide bonds. The smallest absolute Gasteiger partial charge is 0.0625 e. The van der Waals surface area contributed by atoms with Gasteiger partial charge >= 0.3 is 0 Å². The van der Waals surface area contributed by atoms with Crippen LogP contribution in [0.5, 0.6) is 0 Å². The van der Waals surface area contributed by atoms with Gasteiger partial charge in [-0.2, -0.15) is 5.26 Å². The van der Waals surface area contributed by atoms with E-state index in [9.17, 15) is 5.11 Å². The van der Waals surface area contributed by atoms with E-state index in [-0.39, 0.29) is 12.0 Å². The third-order valence-electron chi connectivity index (χ3n) is 1.84. The monoisotopic (exact) mass is 167 g/mol. The molecule has 12 heavy (non-hydrogen) atoms. The topological polar surface area (TPSA) is 44.0 Å². The fraction of sp³-hybridized carbons (Fsp3) is 0.700. The molecule has 0 saturated heterocycles. The van der Waals surface area contributed by atoms with Crippen LogP contribution in [0.1, 0.15) is 33.6 Å². The van der Waals surface area contributed by atoms with Gasteiger partial charge in [0.25, 0.3) is 0 Å². The predicted octanol–water partition coefficient (Wildman–Crippen LogP) is 2.25. The number of rotatable bonds is 4. The fourth-order valence-electron chi connectivity index (χ4n) is 0.869. The van der Waals surface area contributed by atoms with Gasteiger partial charge in [0, 0.05) is 6.42 Å². The molecular formula is C10H17NO. The van der Waals surface area contributed by atoms with Crippen LogP contribution in [0.25, 0.3) is 0 Å². The van der Waals surface area contributed by atoms with Crippen LogP contribution in [0, 0.1) is 17.2 Å². The van der Waals surface area contributed by atoms with Crippen LogP contribution < -0.4 is 0 Å². The van der Waals surface area contributed by atoms with Crippen LogP contribution in [0.15, 0.2) is 11.6 Å². The Bertz CT molecular complexity index is 187. The third-order valence-corrected chi connectivity index (χ3v) is 1.84. The zero-order valence-electron chi connectivity index (χ0n) is 8.04. The zero-order chi connectivity index (χ0) is 9.56.